The molecule has 0 spiro atoms. The van der Waals surface area contributed by atoms with Gasteiger partial charge in [-0.1, -0.05) is 13.8 Å². The molecule has 0 radical (unpaired) electrons. The summed E-state index contributed by atoms with van der Waals surface area (Å²) in [7, 11) is 2.10. The van der Waals surface area contributed by atoms with E-state index in [0.29, 0.717) is 16.7 Å². The highest BCUT2D eigenvalue weighted by molar-refractivity contribution is 7.79. The van der Waals surface area contributed by atoms with Gasteiger partial charge in [0.1, 0.15) is 0 Å². The topological polar surface area (TPSA) is 45.1 Å². The molecule has 1 aliphatic carbocycles. The Morgan fingerprint density at radius 1 is 1.30 bits per heavy atom. The lowest BCUT2D eigenvalue weighted by atomic mass is 9.95. The van der Waals surface area contributed by atoms with Crippen molar-refractivity contribution in [2.75, 3.05) is 0 Å². The third-order valence-corrected chi connectivity index (χ3v) is 5.29. The smallest absolute Gasteiger partial charge is 0.0483 e. The van der Waals surface area contributed by atoms with Gasteiger partial charge in [-0.2, -0.15) is 0 Å². The molecule has 20 heavy (non-hydrogen) atoms. The zero-order valence-electron chi connectivity index (χ0n) is 12.2. The van der Waals surface area contributed by atoms with Gasteiger partial charge in [0.05, 0.1) is 0 Å². The third kappa shape index (κ3) is 2.11. The van der Waals surface area contributed by atoms with E-state index in [1.54, 1.807) is 6.07 Å². The standard InChI is InChI=1S/C16H21NO2S/c1-10-4-5-11(2)16-13-9-12(20(18)19)6-7-14(13)17(3)15(16)8-10/h6-7,9-11H,4-5,8H2,1-3H3,(H,18,19)/p-1. The molecule has 3 rings (SSSR count). The van der Waals surface area contributed by atoms with E-state index in [4.69, 9.17) is 0 Å². The number of aromatic nitrogens is 1. The molecule has 3 unspecified atom stereocenters. The maximum atomic E-state index is 11.2. The van der Waals surface area contributed by atoms with E-state index in [0.717, 1.165) is 17.3 Å². The second kappa shape index (κ2) is 5.01. The van der Waals surface area contributed by atoms with Crippen molar-refractivity contribution >= 4 is 22.0 Å². The highest BCUT2D eigenvalue weighted by Gasteiger charge is 2.25. The van der Waals surface area contributed by atoms with Crippen LogP contribution in [0.5, 0.6) is 0 Å². The first-order valence-electron chi connectivity index (χ1n) is 7.19. The van der Waals surface area contributed by atoms with Gasteiger partial charge in [-0.05, 0) is 65.9 Å². The zero-order valence-corrected chi connectivity index (χ0v) is 13.0. The minimum absolute atomic E-state index is 0.385. The van der Waals surface area contributed by atoms with Gasteiger partial charge in [0.15, 0.2) is 0 Å². The summed E-state index contributed by atoms with van der Waals surface area (Å²) in [5, 5.41) is 1.12. The van der Waals surface area contributed by atoms with E-state index in [1.807, 2.05) is 12.1 Å². The number of benzene rings is 1. The molecular weight excluding hydrogens is 270 g/mol. The van der Waals surface area contributed by atoms with E-state index in [9.17, 15) is 8.76 Å². The quantitative estimate of drug-likeness (QED) is 0.596. The number of hydrogen-bond acceptors (Lipinski definition) is 2. The van der Waals surface area contributed by atoms with Crippen LogP contribution in [0.25, 0.3) is 10.9 Å². The van der Waals surface area contributed by atoms with Gasteiger partial charge in [0.25, 0.3) is 0 Å². The zero-order chi connectivity index (χ0) is 14.4. The predicted molar refractivity (Wildman–Crippen MR) is 80.6 cm³/mol. The van der Waals surface area contributed by atoms with Crippen molar-refractivity contribution in [3.8, 4) is 0 Å². The van der Waals surface area contributed by atoms with Gasteiger partial charge < -0.3 is 9.12 Å². The Kier molecular flexibility index (Phi) is 3.46. The van der Waals surface area contributed by atoms with Crippen LogP contribution in [0, 0.1) is 5.92 Å². The van der Waals surface area contributed by atoms with Crippen LogP contribution < -0.4 is 0 Å². The van der Waals surface area contributed by atoms with E-state index in [2.05, 4.69) is 25.5 Å². The van der Waals surface area contributed by atoms with Crippen LogP contribution in [-0.4, -0.2) is 13.3 Å². The summed E-state index contributed by atoms with van der Waals surface area (Å²) in [6.45, 7) is 4.56. The highest BCUT2D eigenvalue weighted by atomic mass is 32.2. The van der Waals surface area contributed by atoms with Crippen LogP contribution >= 0.6 is 0 Å². The second-order valence-electron chi connectivity index (χ2n) is 6.12. The fourth-order valence-electron chi connectivity index (χ4n) is 3.52. The predicted octanol–water partition coefficient (Wildman–Crippen LogP) is 3.49. The van der Waals surface area contributed by atoms with Gasteiger partial charge in [-0.3, -0.25) is 4.21 Å². The second-order valence-corrected chi connectivity index (χ2v) is 7.06. The van der Waals surface area contributed by atoms with Crippen LogP contribution in [-0.2, 0) is 24.5 Å². The lowest BCUT2D eigenvalue weighted by Crippen LogP contribution is -2.03. The Hall–Kier alpha value is -1.13. The number of rotatable bonds is 1. The molecule has 3 atom stereocenters. The van der Waals surface area contributed by atoms with Crippen molar-refractivity contribution in [1.82, 2.24) is 4.57 Å². The van der Waals surface area contributed by atoms with Gasteiger partial charge in [0.2, 0.25) is 0 Å². The SMILES string of the molecule is CC1CCC(C)c2c(n(C)c3ccc(S(=O)[O-])cc23)C1. The number of hydrogen-bond donors (Lipinski definition) is 0. The van der Waals surface area contributed by atoms with E-state index in [-0.39, 0.29) is 0 Å². The molecule has 1 aromatic carbocycles. The van der Waals surface area contributed by atoms with Crippen LogP contribution in [0.1, 0.15) is 43.9 Å². The summed E-state index contributed by atoms with van der Waals surface area (Å²) in [5.41, 5.74) is 3.88. The highest BCUT2D eigenvalue weighted by Crippen LogP contribution is 2.39. The molecule has 3 nitrogen and oxygen atoms in total. The van der Waals surface area contributed by atoms with E-state index < -0.39 is 11.1 Å². The summed E-state index contributed by atoms with van der Waals surface area (Å²) in [5.74, 6) is 1.18. The molecule has 4 heteroatoms. The maximum Gasteiger partial charge on any atom is 0.0483 e. The van der Waals surface area contributed by atoms with Crippen LogP contribution in [0.15, 0.2) is 23.1 Å². The first-order valence-corrected chi connectivity index (χ1v) is 8.27. The summed E-state index contributed by atoms with van der Waals surface area (Å²) < 4.78 is 24.7. The van der Waals surface area contributed by atoms with Crippen molar-refractivity contribution in [3.05, 3.63) is 29.5 Å². The Morgan fingerprint density at radius 2 is 2.05 bits per heavy atom. The minimum Gasteiger partial charge on any atom is -0.768 e. The first kappa shape index (κ1) is 13.8. The molecule has 1 heterocycles. The number of fused-ring (bicyclic) bond motifs is 3. The van der Waals surface area contributed by atoms with Crippen molar-refractivity contribution in [1.29, 1.82) is 0 Å². The Labute approximate surface area is 122 Å². The van der Waals surface area contributed by atoms with Gasteiger partial charge in [-0.25, -0.2) is 0 Å². The summed E-state index contributed by atoms with van der Waals surface area (Å²) >= 11 is -2.16. The summed E-state index contributed by atoms with van der Waals surface area (Å²) in [6.07, 6.45) is 3.50. The van der Waals surface area contributed by atoms with Gasteiger partial charge >= 0.3 is 0 Å². The molecule has 0 saturated carbocycles. The van der Waals surface area contributed by atoms with E-state index >= 15 is 0 Å². The molecule has 2 aromatic rings. The largest absolute Gasteiger partial charge is 0.768 e. The van der Waals surface area contributed by atoms with Crippen LogP contribution in [0.3, 0.4) is 0 Å². The summed E-state index contributed by atoms with van der Waals surface area (Å²) in [4.78, 5) is 0.385. The lowest BCUT2D eigenvalue weighted by Gasteiger charge is -2.10. The van der Waals surface area contributed by atoms with E-state index in [1.165, 1.54) is 24.1 Å². The molecular formula is C16H20NO2S-. The van der Waals surface area contributed by atoms with Crippen molar-refractivity contribution in [3.63, 3.8) is 0 Å². The summed E-state index contributed by atoms with van der Waals surface area (Å²) in [6, 6.07) is 5.47. The Morgan fingerprint density at radius 3 is 2.75 bits per heavy atom. The fourth-order valence-corrected chi connectivity index (χ4v) is 3.91. The number of aryl methyl sites for hydroxylation is 1. The molecule has 0 saturated heterocycles. The first-order chi connectivity index (χ1) is 9.49. The Balaban J connectivity index is 2.30. The van der Waals surface area contributed by atoms with Gasteiger partial charge in [0, 0.05) is 28.5 Å². The molecule has 0 fully saturated rings. The minimum atomic E-state index is -2.16. The number of nitrogens with zero attached hydrogens (tertiary/aromatic N) is 1. The monoisotopic (exact) mass is 290 g/mol. The molecule has 1 aliphatic rings. The molecule has 0 amide bonds. The van der Waals surface area contributed by atoms with Crippen LogP contribution in [0.4, 0.5) is 0 Å². The van der Waals surface area contributed by atoms with Crippen molar-refractivity contribution < 1.29 is 8.76 Å². The average molecular weight is 290 g/mol. The average Bonchev–Trinajstić information content (AvgIpc) is 2.58. The molecule has 0 aliphatic heterocycles. The van der Waals surface area contributed by atoms with Crippen molar-refractivity contribution in [2.24, 2.45) is 13.0 Å². The molecule has 108 valence electrons. The fraction of sp³-hybridized carbons (Fsp3) is 0.500. The third-order valence-electron chi connectivity index (χ3n) is 4.65. The van der Waals surface area contributed by atoms with Crippen molar-refractivity contribution in [2.45, 2.75) is 43.9 Å². The Bertz CT molecular complexity index is 689. The molecule has 0 bridgehead atoms. The maximum absolute atomic E-state index is 11.2. The normalized spacial score (nSPS) is 24.4. The van der Waals surface area contributed by atoms with Crippen LogP contribution in [0.2, 0.25) is 0 Å². The lowest BCUT2D eigenvalue weighted by molar-refractivity contribution is 0.498. The van der Waals surface area contributed by atoms with Gasteiger partial charge in [-0.15, -0.1) is 0 Å². The molecule has 1 aromatic heterocycles. The molecule has 0 N–H and O–H groups in total.